The first-order valence-electron chi connectivity index (χ1n) is 8.87. The SMILES string of the molecule is CCOc1ccc(S(=O)(=O)NNC(=O)c2ccc3c(c2)nc(C)n3CC)cc1. The Hall–Kier alpha value is -2.91. The van der Waals surface area contributed by atoms with E-state index in [0.29, 0.717) is 23.4 Å². The number of carbonyl (C=O) groups is 1. The van der Waals surface area contributed by atoms with Crippen molar-refractivity contribution in [3.8, 4) is 5.75 Å². The number of nitrogens with one attached hydrogen (secondary N) is 2. The molecule has 2 aromatic carbocycles. The number of nitrogens with zero attached hydrogens (tertiary/aromatic N) is 2. The van der Waals surface area contributed by atoms with Crippen LogP contribution in [0.4, 0.5) is 0 Å². The predicted octanol–water partition coefficient (Wildman–Crippen LogP) is 2.39. The monoisotopic (exact) mass is 402 g/mol. The van der Waals surface area contributed by atoms with Crippen molar-refractivity contribution in [2.75, 3.05) is 6.61 Å². The summed E-state index contributed by atoms with van der Waals surface area (Å²) in [7, 11) is -3.90. The largest absolute Gasteiger partial charge is 0.494 e. The molecule has 0 atom stereocenters. The molecule has 0 saturated heterocycles. The van der Waals surface area contributed by atoms with Crippen LogP contribution in [0.1, 0.15) is 30.0 Å². The fourth-order valence-corrected chi connectivity index (χ4v) is 3.76. The van der Waals surface area contributed by atoms with Gasteiger partial charge in [-0.25, -0.2) is 13.4 Å². The van der Waals surface area contributed by atoms with E-state index in [2.05, 4.69) is 15.2 Å². The summed E-state index contributed by atoms with van der Waals surface area (Å²) in [6.07, 6.45) is 0. The molecule has 1 amide bonds. The Morgan fingerprint density at radius 1 is 1.14 bits per heavy atom. The van der Waals surface area contributed by atoms with Gasteiger partial charge in [0.2, 0.25) is 0 Å². The minimum absolute atomic E-state index is 0.0176. The molecule has 28 heavy (non-hydrogen) atoms. The minimum atomic E-state index is -3.90. The van der Waals surface area contributed by atoms with Gasteiger partial charge in [-0.1, -0.05) is 0 Å². The Morgan fingerprint density at radius 2 is 1.86 bits per heavy atom. The van der Waals surface area contributed by atoms with Crippen LogP contribution >= 0.6 is 0 Å². The molecule has 9 heteroatoms. The van der Waals surface area contributed by atoms with Gasteiger partial charge in [0.05, 0.1) is 22.5 Å². The average Bonchev–Trinajstić information content (AvgIpc) is 3.01. The van der Waals surface area contributed by atoms with Crippen molar-refractivity contribution < 1.29 is 17.9 Å². The van der Waals surface area contributed by atoms with Crippen molar-refractivity contribution in [3.63, 3.8) is 0 Å². The van der Waals surface area contributed by atoms with E-state index in [9.17, 15) is 13.2 Å². The van der Waals surface area contributed by atoms with Crippen LogP contribution in [0.25, 0.3) is 11.0 Å². The second-order valence-electron chi connectivity index (χ2n) is 6.07. The Kier molecular flexibility index (Phi) is 5.66. The van der Waals surface area contributed by atoms with Crippen LogP contribution < -0.4 is 15.0 Å². The summed E-state index contributed by atoms with van der Waals surface area (Å²) in [6.45, 7) is 7.02. The molecule has 3 aromatic rings. The number of imidazole rings is 1. The number of hydrazine groups is 1. The van der Waals surface area contributed by atoms with Gasteiger partial charge in [-0.3, -0.25) is 10.2 Å². The summed E-state index contributed by atoms with van der Waals surface area (Å²) in [5.41, 5.74) is 4.15. The van der Waals surface area contributed by atoms with Crippen molar-refractivity contribution in [2.45, 2.75) is 32.2 Å². The van der Waals surface area contributed by atoms with Gasteiger partial charge in [0.15, 0.2) is 0 Å². The van der Waals surface area contributed by atoms with Gasteiger partial charge in [0, 0.05) is 12.1 Å². The lowest BCUT2D eigenvalue weighted by molar-refractivity contribution is 0.0945. The maximum Gasteiger partial charge on any atom is 0.266 e. The normalized spacial score (nSPS) is 11.5. The first-order chi connectivity index (χ1) is 13.4. The smallest absolute Gasteiger partial charge is 0.266 e. The standard InChI is InChI=1S/C19H22N4O4S/c1-4-23-13(3)20-17-12-14(6-11-18(17)23)19(24)21-22-28(25,26)16-9-7-15(8-10-16)27-5-2/h6-12,22H,4-5H2,1-3H3,(H,21,24). The zero-order valence-corrected chi connectivity index (χ0v) is 16.7. The average molecular weight is 402 g/mol. The van der Waals surface area contributed by atoms with Crippen LogP contribution in [0.3, 0.4) is 0 Å². The molecule has 148 valence electrons. The van der Waals surface area contributed by atoms with E-state index in [-0.39, 0.29) is 4.90 Å². The van der Waals surface area contributed by atoms with E-state index in [1.807, 2.05) is 25.3 Å². The highest BCUT2D eigenvalue weighted by molar-refractivity contribution is 7.89. The highest BCUT2D eigenvalue weighted by atomic mass is 32.2. The number of aromatic nitrogens is 2. The summed E-state index contributed by atoms with van der Waals surface area (Å²) >= 11 is 0. The van der Waals surface area contributed by atoms with Crippen LogP contribution in [0.15, 0.2) is 47.4 Å². The van der Waals surface area contributed by atoms with Crippen molar-refractivity contribution in [3.05, 3.63) is 53.9 Å². The fourth-order valence-electron chi connectivity index (χ4n) is 2.92. The topological polar surface area (TPSA) is 102 Å². The van der Waals surface area contributed by atoms with E-state index < -0.39 is 15.9 Å². The Bertz CT molecular complexity index is 1100. The van der Waals surface area contributed by atoms with E-state index in [1.54, 1.807) is 30.3 Å². The molecular weight excluding hydrogens is 380 g/mol. The summed E-state index contributed by atoms with van der Waals surface area (Å²) in [5.74, 6) is 0.854. The number of fused-ring (bicyclic) bond motifs is 1. The van der Waals surface area contributed by atoms with Crippen LogP contribution in [0, 0.1) is 6.92 Å². The first kappa shape index (κ1) is 19.8. The van der Waals surface area contributed by atoms with E-state index in [4.69, 9.17) is 4.74 Å². The number of benzene rings is 2. The molecule has 0 spiro atoms. The second kappa shape index (κ2) is 7.99. The van der Waals surface area contributed by atoms with E-state index in [0.717, 1.165) is 17.9 Å². The molecule has 1 aromatic heterocycles. The highest BCUT2D eigenvalue weighted by Crippen LogP contribution is 2.18. The third-order valence-electron chi connectivity index (χ3n) is 4.26. The van der Waals surface area contributed by atoms with Gasteiger partial charge < -0.3 is 9.30 Å². The third kappa shape index (κ3) is 4.00. The van der Waals surface area contributed by atoms with Crippen LogP contribution in [-0.2, 0) is 16.6 Å². The molecule has 2 N–H and O–H groups in total. The number of amides is 1. The van der Waals surface area contributed by atoms with Crippen molar-refractivity contribution in [1.82, 2.24) is 19.8 Å². The minimum Gasteiger partial charge on any atom is -0.494 e. The molecule has 0 fully saturated rings. The van der Waals surface area contributed by atoms with Crippen molar-refractivity contribution >= 4 is 27.0 Å². The van der Waals surface area contributed by atoms with Gasteiger partial charge in [0.1, 0.15) is 11.6 Å². The quantitative estimate of drug-likeness (QED) is 0.591. The fraction of sp³-hybridized carbons (Fsp3) is 0.263. The maximum absolute atomic E-state index is 12.4. The van der Waals surface area contributed by atoms with Gasteiger partial charge >= 0.3 is 0 Å². The van der Waals surface area contributed by atoms with Gasteiger partial charge in [-0.15, -0.1) is 4.83 Å². The Labute approximate surface area is 163 Å². The Morgan fingerprint density at radius 3 is 2.50 bits per heavy atom. The first-order valence-corrected chi connectivity index (χ1v) is 10.4. The molecule has 0 radical (unpaired) electrons. The van der Waals surface area contributed by atoms with Crippen LogP contribution in [0.2, 0.25) is 0 Å². The van der Waals surface area contributed by atoms with E-state index >= 15 is 0 Å². The zero-order chi connectivity index (χ0) is 20.3. The number of carbonyl (C=O) groups excluding carboxylic acids is 1. The number of aryl methyl sites for hydroxylation is 2. The maximum atomic E-state index is 12.4. The number of ether oxygens (including phenoxy) is 1. The number of sulfonamides is 1. The number of rotatable bonds is 7. The molecule has 0 aliphatic carbocycles. The lowest BCUT2D eigenvalue weighted by atomic mass is 10.2. The molecule has 8 nitrogen and oxygen atoms in total. The van der Waals surface area contributed by atoms with Gasteiger partial charge in [0.25, 0.3) is 15.9 Å². The lowest BCUT2D eigenvalue weighted by Crippen LogP contribution is -2.41. The highest BCUT2D eigenvalue weighted by Gasteiger charge is 2.17. The molecule has 0 aliphatic rings. The summed E-state index contributed by atoms with van der Waals surface area (Å²) in [6, 6.07) is 11.0. The number of hydrogen-bond donors (Lipinski definition) is 2. The summed E-state index contributed by atoms with van der Waals surface area (Å²) < 4.78 is 32.0. The van der Waals surface area contributed by atoms with Gasteiger partial charge in [-0.05, 0) is 63.2 Å². The predicted molar refractivity (Wildman–Crippen MR) is 106 cm³/mol. The second-order valence-corrected chi connectivity index (χ2v) is 7.75. The summed E-state index contributed by atoms with van der Waals surface area (Å²) in [5, 5.41) is 0. The summed E-state index contributed by atoms with van der Waals surface area (Å²) in [4.78, 5) is 18.9. The lowest BCUT2D eigenvalue weighted by Gasteiger charge is -2.09. The zero-order valence-electron chi connectivity index (χ0n) is 15.9. The molecule has 1 heterocycles. The third-order valence-corrected chi connectivity index (χ3v) is 5.53. The molecule has 0 aliphatic heterocycles. The Balaban J connectivity index is 1.73. The molecule has 0 unspecified atom stereocenters. The van der Waals surface area contributed by atoms with E-state index in [1.165, 1.54) is 12.1 Å². The molecule has 0 saturated carbocycles. The molecule has 3 rings (SSSR count). The number of hydrogen-bond acceptors (Lipinski definition) is 5. The van der Waals surface area contributed by atoms with Crippen molar-refractivity contribution in [1.29, 1.82) is 0 Å². The molecule has 0 bridgehead atoms. The van der Waals surface area contributed by atoms with Crippen LogP contribution in [-0.4, -0.2) is 30.5 Å². The van der Waals surface area contributed by atoms with Crippen LogP contribution in [0.5, 0.6) is 5.75 Å². The van der Waals surface area contributed by atoms with Crippen molar-refractivity contribution in [2.24, 2.45) is 0 Å². The van der Waals surface area contributed by atoms with Gasteiger partial charge in [-0.2, -0.15) is 0 Å². The molecular formula is C19H22N4O4S.